The highest BCUT2D eigenvalue weighted by Crippen LogP contribution is 2.28. The van der Waals surface area contributed by atoms with E-state index in [4.69, 9.17) is 4.98 Å². The first-order chi connectivity index (χ1) is 14.1. The summed E-state index contributed by atoms with van der Waals surface area (Å²) in [6.07, 6.45) is 8.70. The monoisotopic (exact) mass is 418 g/mol. The molecule has 0 atom stereocenters. The van der Waals surface area contributed by atoms with Gasteiger partial charge in [-0.1, -0.05) is 58.2 Å². The minimum Gasteiger partial charge on any atom is -0.369 e. The van der Waals surface area contributed by atoms with E-state index in [9.17, 15) is 4.79 Å². The lowest BCUT2D eigenvalue weighted by molar-refractivity contribution is -0.121. The molecular formula is C21H34N6OS. The summed E-state index contributed by atoms with van der Waals surface area (Å²) in [5, 5.41) is 12.7. The first-order valence-corrected chi connectivity index (χ1v) is 11.9. The zero-order valence-corrected chi connectivity index (χ0v) is 18.7. The minimum atomic E-state index is 0.143. The van der Waals surface area contributed by atoms with Crippen LogP contribution in [0.2, 0.25) is 0 Å². The molecular weight excluding hydrogens is 384 g/mol. The van der Waals surface area contributed by atoms with Crippen molar-refractivity contribution in [3.8, 4) is 0 Å². The molecule has 160 valence electrons. The minimum absolute atomic E-state index is 0.143. The predicted octanol–water partition coefficient (Wildman–Crippen LogP) is 4.09. The van der Waals surface area contributed by atoms with E-state index < -0.39 is 0 Å². The van der Waals surface area contributed by atoms with Gasteiger partial charge in [0.25, 0.3) is 0 Å². The molecule has 0 radical (unpaired) electrons. The topological polar surface area (TPSA) is 84.7 Å². The van der Waals surface area contributed by atoms with Crippen molar-refractivity contribution in [2.45, 2.75) is 71.0 Å². The van der Waals surface area contributed by atoms with Crippen molar-refractivity contribution < 1.29 is 4.79 Å². The van der Waals surface area contributed by atoms with Crippen LogP contribution in [0.5, 0.6) is 0 Å². The van der Waals surface area contributed by atoms with E-state index in [2.05, 4.69) is 41.5 Å². The van der Waals surface area contributed by atoms with Crippen molar-refractivity contribution in [1.82, 2.24) is 25.1 Å². The quantitative estimate of drug-likeness (QED) is 0.422. The van der Waals surface area contributed by atoms with Crippen LogP contribution in [0, 0.1) is 11.8 Å². The Kier molecular flexibility index (Phi) is 8.15. The fourth-order valence-electron chi connectivity index (χ4n) is 3.75. The third-order valence-electron chi connectivity index (χ3n) is 5.33. The maximum absolute atomic E-state index is 12.2. The van der Waals surface area contributed by atoms with Crippen LogP contribution in [0.4, 0.5) is 5.82 Å². The second-order valence-electron chi connectivity index (χ2n) is 8.21. The SMILES string of the molecule is CCSc1nc(NCC(C)C)c2cnn(CCNC(=O)CCC3CCCC3)c2n1. The Balaban J connectivity index is 1.60. The molecule has 1 saturated carbocycles. The van der Waals surface area contributed by atoms with Gasteiger partial charge in [-0.3, -0.25) is 4.79 Å². The summed E-state index contributed by atoms with van der Waals surface area (Å²) in [6, 6.07) is 0. The van der Waals surface area contributed by atoms with Crippen molar-refractivity contribution in [3.05, 3.63) is 6.20 Å². The molecule has 0 spiro atoms. The molecule has 2 heterocycles. The molecule has 1 aliphatic carbocycles. The highest BCUT2D eigenvalue weighted by molar-refractivity contribution is 7.99. The fraction of sp³-hybridized carbons (Fsp3) is 0.714. The van der Waals surface area contributed by atoms with E-state index in [1.54, 1.807) is 11.8 Å². The number of hydrogen-bond acceptors (Lipinski definition) is 6. The summed E-state index contributed by atoms with van der Waals surface area (Å²) in [6.45, 7) is 8.46. The molecule has 8 heteroatoms. The highest BCUT2D eigenvalue weighted by atomic mass is 32.2. The van der Waals surface area contributed by atoms with E-state index in [0.29, 0.717) is 25.4 Å². The molecule has 0 unspecified atom stereocenters. The normalized spacial score (nSPS) is 14.8. The van der Waals surface area contributed by atoms with Gasteiger partial charge in [0.1, 0.15) is 5.82 Å². The van der Waals surface area contributed by atoms with E-state index >= 15 is 0 Å². The van der Waals surface area contributed by atoms with Gasteiger partial charge >= 0.3 is 0 Å². The Morgan fingerprint density at radius 1 is 1.31 bits per heavy atom. The van der Waals surface area contributed by atoms with Gasteiger partial charge in [-0.2, -0.15) is 5.10 Å². The van der Waals surface area contributed by atoms with Crippen LogP contribution in [-0.4, -0.2) is 44.5 Å². The van der Waals surface area contributed by atoms with Crippen molar-refractivity contribution in [2.24, 2.45) is 11.8 Å². The molecule has 0 aliphatic heterocycles. The Bertz CT molecular complexity index is 800. The molecule has 7 nitrogen and oxygen atoms in total. The third kappa shape index (κ3) is 6.32. The Morgan fingerprint density at radius 3 is 2.83 bits per heavy atom. The first kappa shape index (κ1) is 21.9. The van der Waals surface area contributed by atoms with Crippen molar-refractivity contribution in [3.63, 3.8) is 0 Å². The Morgan fingerprint density at radius 2 is 2.10 bits per heavy atom. The van der Waals surface area contributed by atoms with Crippen molar-refractivity contribution in [2.75, 3.05) is 24.2 Å². The molecule has 1 amide bonds. The number of anilines is 1. The number of nitrogens with one attached hydrogen (secondary N) is 2. The molecule has 1 fully saturated rings. The number of carbonyl (C=O) groups is 1. The van der Waals surface area contributed by atoms with Crippen LogP contribution < -0.4 is 10.6 Å². The highest BCUT2D eigenvalue weighted by Gasteiger charge is 2.16. The van der Waals surface area contributed by atoms with Gasteiger partial charge in [0.05, 0.1) is 18.1 Å². The number of amides is 1. The van der Waals surface area contributed by atoms with Gasteiger partial charge in [0, 0.05) is 19.5 Å². The van der Waals surface area contributed by atoms with Gasteiger partial charge < -0.3 is 10.6 Å². The van der Waals surface area contributed by atoms with Crippen LogP contribution in [0.15, 0.2) is 11.4 Å². The lowest BCUT2D eigenvalue weighted by Gasteiger charge is -2.11. The first-order valence-electron chi connectivity index (χ1n) is 10.9. The van der Waals surface area contributed by atoms with Gasteiger partial charge in [0.2, 0.25) is 5.91 Å². The zero-order chi connectivity index (χ0) is 20.6. The van der Waals surface area contributed by atoms with Crippen LogP contribution in [0.25, 0.3) is 11.0 Å². The predicted molar refractivity (Wildman–Crippen MR) is 119 cm³/mol. The number of hydrogen-bond donors (Lipinski definition) is 2. The average Bonchev–Trinajstić information content (AvgIpc) is 3.35. The lowest BCUT2D eigenvalue weighted by atomic mass is 10.0. The number of aromatic nitrogens is 4. The van der Waals surface area contributed by atoms with Crippen molar-refractivity contribution in [1.29, 1.82) is 0 Å². The van der Waals surface area contributed by atoms with Crippen LogP contribution in [-0.2, 0) is 11.3 Å². The number of fused-ring (bicyclic) bond motifs is 1. The second-order valence-corrected chi connectivity index (χ2v) is 9.44. The number of rotatable bonds is 11. The molecule has 2 N–H and O–H groups in total. The standard InChI is InChI=1S/C21H34N6OS/c1-4-29-21-25-19(23-13-15(2)3)17-14-24-27(20(17)26-21)12-11-22-18(28)10-9-16-7-5-6-8-16/h14-16H,4-13H2,1-3H3,(H,22,28)(H,23,25,26). The van der Waals surface area contributed by atoms with Gasteiger partial charge in [-0.25, -0.2) is 14.6 Å². The summed E-state index contributed by atoms with van der Waals surface area (Å²) in [5.74, 6) is 3.17. The third-order valence-corrected chi connectivity index (χ3v) is 6.06. The zero-order valence-electron chi connectivity index (χ0n) is 17.9. The lowest BCUT2D eigenvalue weighted by Crippen LogP contribution is -2.27. The van der Waals surface area contributed by atoms with E-state index in [1.807, 2.05) is 10.9 Å². The number of nitrogens with zero attached hydrogens (tertiary/aromatic N) is 4. The Hall–Kier alpha value is -1.83. The maximum atomic E-state index is 12.2. The van der Waals surface area contributed by atoms with Crippen LogP contribution in [0.3, 0.4) is 0 Å². The van der Waals surface area contributed by atoms with Crippen molar-refractivity contribution >= 4 is 34.5 Å². The Labute approximate surface area is 177 Å². The number of thioether (sulfide) groups is 1. The van der Waals surface area contributed by atoms with Crippen LogP contribution >= 0.6 is 11.8 Å². The van der Waals surface area contributed by atoms with Crippen LogP contribution in [0.1, 0.15) is 59.3 Å². The van der Waals surface area contributed by atoms with Gasteiger partial charge in [-0.05, 0) is 24.0 Å². The number of carbonyl (C=O) groups excluding carboxylic acids is 1. The molecule has 29 heavy (non-hydrogen) atoms. The van der Waals surface area contributed by atoms with E-state index in [1.165, 1.54) is 25.7 Å². The summed E-state index contributed by atoms with van der Waals surface area (Å²) in [4.78, 5) is 21.5. The fourth-order valence-corrected chi connectivity index (χ4v) is 4.32. The molecule has 0 aromatic carbocycles. The van der Waals surface area contributed by atoms with E-state index in [0.717, 1.165) is 46.6 Å². The molecule has 2 aromatic rings. The molecule has 2 aromatic heterocycles. The van der Waals surface area contributed by atoms with E-state index in [-0.39, 0.29) is 5.91 Å². The summed E-state index contributed by atoms with van der Waals surface area (Å²) in [5.41, 5.74) is 0.822. The summed E-state index contributed by atoms with van der Waals surface area (Å²) in [7, 11) is 0. The summed E-state index contributed by atoms with van der Waals surface area (Å²) < 4.78 is 1.87. The molecule has 0 bridgehead atoms. The average molecular weight is 419 g/mol. The van der Waals surface area contributed by atoms with Gasteiger partial charge in [0.15, 0.2) is 10.8 Å². The second kappa shape index (κ2) is 10.8. The summed E-state index contributed by atoms with van der Waals surface area (Å²) >= 11 is 1.62. The molecule has 1 aliphatic rings. The molecule has 3 rings (SSSR count). The largest absolute Gasteiger partial charge is 0.369 e. The van der Waals surface area contributed by atoms with Gasteiger partial charge in [-0.15, -0.1) is 0 Å². The molecule has 0 saturated heterocycles. The maximum Gasteiger partial charge on any atom is 0.220 e. The smallest absolute Gasteiger partial charge is 0.220 e.